The van der Waals surface area contributed by atoms with Gasteiger partial charge < -0.3 is 14.9 Å². The summed E-state index contributed by atoms with van der Waals surface area (Å²) < 4.78 is 18.7. The SMILES string of the molecule is CC(C)(c1ccccc1-c1ccc(F)cc1)C(C)(O)C(O)N1CCOCC1. The quantitative estimate of drug-likeness (QED) is 0.845. The third kappa shape index (κ3) is 3.78. The van der Waals surface area contributed by atoms with E-state index in [-0.39, 0.29) is 5.82 Å². The molecule has 2 atom stereocenters. The maximum Gasteiger partial charge on any atom is 0.137 e. The third-order valence-corrected chi connectivity index (χ3v) is 5.92. The lowest BCUT2D eigenvalue weighted by Gasteiger charge is -2.48. The van der Waals surface area contributed by atoms with Crippen LogP contribution in [0.5, 0.6) is 0 Å². The molecule has 27 heavy (non-hydrogen) atoms. The Kier molecular flexibility index (Phi) is 5.68. The number of rotatable bonds is 5. The molecule has 2 N–H and O–H groups in total. The molecule has 0 aliphatic carbocycles. The van der Waals surface area contributed by atoms with Crippen molar-refractivity contribution in [1.29, 1.82) is 0 Å². The average Bonchev–Trinajstić information content (AvgIpc) is 2.68. The standard InChI is InChI=1S/C22H28FNO3/c1-21(2,22(3,26)20(25)24-12-14-27-15-13-24)19-7-5-4-6-18(19)16-8-10-17(23)11-9-16/h4-11,20,25-26H,12-15H2,1-3H3. The van der Waals surface area contributed by atoms with Gasteiger partial charge in [0.05, 0.1) is 13.2 Å². The van der Waals surface area contributed by atoms with E-state index in [0.717, 1.165) is 16.7 Å². The van der Waals surface area contributed by atoms with Crippen LogP contribution in [0.2, 0.25) is 0 Å². The van der Waals surface area contributed by atoms with Crippen LogP contribution in [-0.2, 0) is 10.2 Å². The van der Waals surface area contributed by atoms with Crippen molar-refractivity contribution in [3.63, 3.8) is 0 Å². The summed E-state index contributed by atoms with van der Waals surface area (Å²) in [4.78, 5) is 1.85. The molecule has 2 aromatic carbocycles. The van der Waals surface area contributed by atoms with Gasteiger partial charge in [-0.15, -0.1) is 0 Å². The first-order valence-electron chi connectivity index (χ1n) is 9.33. The summed E-state index contributed by atoms with van der Waals surface area (Å²) in [6, 6.07) is 14.1. The zero-order valence-corrected chi connectivity index (χ0v) is 16.2. The smallest absolute Gasteiger partial charge is 0.137 e. The topological polar surface area (TPSA) is 52.9 Å². The van der Waals surface area contributed by atoms with E-state index in [2.05, 4.69) is 0 Å². The van der Waals surface area contributed by atoms with Gasteiger partial charge in [-0.1, -0.05) is 50.2 Å². The van der Waals surface area contributed by atoms with E-state index in [1.807, 2.05) is 43.0 Å². The molecule has 1 heterocycles. The molecule has 2 unspecified atom stereocenters. The first-order valence-corrected chi connectivity index (χ1v) is 9.33. The molecule has 146 valence electrons. The van der Waals surface area contributed by atoms with Crippen LogP contribution in [0.15, 0.2) is 48.5 Å². The highest BCUT2D eigenvalue weighted by atomic mass is 19.1. The molecule has 0 bridgehead atoms. The van der Waals surface area contributed by atoms with Crippen LogP contribution in [-0.4, -0.2) is 53.2 Å². The van der Waals surface area contributed by atoms with Gasteiger partial charge in [0.15, 0.2) is 0 Å². The molecule has 1 aliphatic rings. The molecule has 1 saturated heterocycles. The predicted octanol–water partition coefficient (Wildman–Crippen LogP) is 3.17. The monoisotopic (exact) mass is 373 g/mol. The summed E-state index contributed by atoms with van der Waals surface area (Å²) >= 11 is 0. The summed E-state index contributed by atoms with van der Waals surface area (Å²) in [6.07, 6.45) is -1.03. The van der Waals surface area contributed by atoms with Crippen molar-refractivity contribution in [3.8, 4) is 11.1 Å². The van der Waals surface area contributed by atoms with Gasteiger partial charge in [0.25, 0.3) is 0 Å². The molecular formula is C22H28FNO3. The Hall–Kier alpha value is -1.79. The highest BCUT2D eigenvalue weighted by molar-refractivity contribution is 5.69. The minimum absolute atomic E-state index is 0.287. The summed E-state index contributed by atoms with van der Waals surface area (Å²) in [7, 11) is 0. The molecule has 0 spiro atoms. The van der Waals surface area contributed by atoms with E-state index in [9.17, 15) is 14.6 Å². The average molecular weight is 373 g/mol. The van der Waals surface area contributed by atoms with Crippen molar-refractivity contribution in [1.82, 2.24) is 4.90 Å². The number of halogens is 1. The number of nitrogens with zero attached hydrogens (tertiary/aromatic N) is 1. The fraction of sp³-hybridized carbons (Fsp3) is 0.455. The van der Waals surface area contributed by atoms with Gasteiger partial charge in [-0.05, 0) is 35.7 Å². The van der Waals surface area contributed by atoms with Crippen LogP contribution >= 0.6 is 0 Å². The van der Waals surface area contributed by atoms with Crippen molar-refractivity contribution in [2.45, 2.75) is 38.0 Å². The highest BCUT2D eigenvalue weighted by Crippen LogP contribution is 2.42. The van der Waals surface area contributed by atoms with Crippen LogP contribution < -0.4 is 0 Å². The van der Waals surface area contributed by atoms with E-state index in [1.165, 1.54) is 12.1 Å². The normalized spacial score (nSPS) is 19.5. The predicted molar refractivity (Wildman–Crippen MR) is 104 cm³/mol. The highest BCUT2D eigenvalue weighted by Gasteiger charge is 2.49. The van der Waals surface area contributed by atoms with Gasteiger partial charge in [0, 0.05) is 18.5 Å². The van der Waals surface area contributed by atoms with Gasteiger partial charge in [0.1, 0.15) is 17.6 Å². The molecule has 1 aliphatic heterocycles. The van der Waals surface area contributed by atoms with Crippen molar-refractivity contribution in [2.24, 2.45) is 0 Å². The van der Waals surface area contributed by atoms with E-state index in [0.29, 0.717) is 26.3 Å². The first-order chi connectivity index (χ1) is 12.7. The van der Waals surface area contributed by atoms with Crippen molar-refractivity contribution in [2.75, 3.05) is 26.3 Å². The number of hydrogen-bond donors (Lipinski definition) is 2. The molecular weight excluding hydrogens is 345 g/mol. The molecule has 0 saturated carbocycles. The summed E-state index contributed by atoms with van der Waals surface area (Å²) in [5.74, 6) is -0.287. The van der Waals surface area contributed by atoms with Gasteiger partial charge in [0.2, 0.25) is 0 Å². The van der Waals surface area contributed by atoms with Crippen LogP contribution in [0.3, 0.4) is 0 Å². The Morgan fingerprint density at radius 1 is 1.00 bits per heavy atom. The molecule has 4 nitrogen and oxygen atoms in total. The summed E-state index contributed by atoms with van der Waals surface area (Å²) in [6.45, 7) is 7.77. The van der Waals surface area contributed by atoms with Crippen LogP contribution in [0.25, 0.3) is 11.1 Å². The lowest BCUT2D eigenvalue weighted by Crippen LogP contribution is -2.62. The fourth-order valence-electron chi connectivity index (χ4n) is 3.68. The number of benzene rings is 2. The van der Waals surface area contributed by atoms with Crippen LogP contribution in [0.4, 0.5) is 4.39 Å². The second kappa shape index (κ2) is 7.68. The van der Waals surface area contributed by atoms with Gasteiger partial charge in [-0.25, -0.2) is 4.39 Å². The Labute approximate surface area is 160 Å². The Morgan fingerprint density at radius 3 is 2.22 bits per heavy atom. The second-order valence-corrected chi connectivity index (χ2v) is 7.85. The minimum Gasteiger partial charge on any atom is -0.385 e. The maximum absolute atomic E-state index is 13.3. The second-order valence-electron chi connectivity index (χ2n) is 7.85. The van der Waals surface area contributed by atoms with E-state index in [4.69, 9.17) is 4.74 Å². The molecule has 1 fully saturated rings. The third-order valence-electron chi connectivity index (χ3n) is 5.92. The minimum atomic E-state index is -1.42. The molecule has 5 heteroatoms. The number of ether oxygens (including phenoxy) is 1. The Balaban J connectivity index is 1.99. The van der Waals surface area contributed by atoms with E-state index in [1.54, 1.807) is 19.1 Å². The zero-order valence-electron chi connectivity index (χ0n) is 16.2. The fourth-order valence-corrected chi connectivity index (χ4v) is 3.68. The lowest BCUT2D eigenvalue weighted by atomic mass is 9.67. The van der Waals surface area contributed by atoms with Crippen molar-refractivity contribution >= 4 is 0 Å². The van der Waals surface area contributed by atoms with Crippen LogP contribution in [0.1, 0.15) is 26.3 Å². The molecule has 0 aromatic heterocycles. The van der Waals surface area contributed by atoms with E-state index >= 15 is 0 Å². The number of aliphatic hydroxyl groups excluding tert-OH is 1. The zero-order chi connectivity index (χ0) is 19.7. The number of morpholine rings is 1. The largest absolute Gasteiger partial charge is 0.385 e. The molecule has 0 radical (unpaired) electrons. The summed E-state index contributed by atoms with van der Waals surface area (Å²) in [5.41, 5.74) is 0.499. The Bertz CT molecular complexity index is 767. The molecule has 0 amide bonds. The summed E-state index contributed by atoms with van der Waals surface area (Å²) in [5, 5.41) is 22.4. The van der Waals surface area contributed by atoms with Gasteiger partial charge >= 0.3 is 0 Å². The Morgan fingerprint density at radius 2 is 1.59 bits per heavy atom. The van der Waals surface area contributed by atoms with Gasteiger partial charge in [-0.2, -0.15) is 0 Å². The van der Waals surface area contributed by atoms with Crippen LogP contribution in [0, 0.1) is 5.82 Å². The van der Waals surface area contributed by atoms with E-state index < -0.39 is 17.2 Å². The maximum atomic E-state index is 13.3. The molecule has 3 rings (SSSR count). The lowest BCUT2D eigenvalue weighted by molar-refractivity contribution is -0.184. The molecule has 2 aromatic rings. The van der Waals surface area contributed by atoms with Crippen molar-refractivity contribution < 1.29 is 19.3 Å². The first kappa shape index (κ1) is 20.0. The number of hydrogen-bond acceptors (Lipinski definition) is 4. The van der Waals surface area contributed by atoms with Gasteiger partial charge in [-0.3, -0.25) is 4.90 Å². The van der Waals surface area contributed by atoms with Crippen molar-refractivity contribution in [3.05, 3.63) is 59.9 Å². The number of aliphatic hydroxyl groups is 2.